The first kappa shape index (κ1) is 18.1. The highest BCUT2D eigenvalue weighted by molar-refractivity contribution is 6.06. The van der Waals surface area contributed by atoms with Crippen LogP contribution in [0.25, 0.3) is 11.1 Å². The number of piperidine rings is 1. The molecule has 136 valence electrons. The van der Waals surface area contributed by atoms with E-state index in [1.165, 1.54) is 12.8 Å². The van der Waals surface area contributed by atoms with Crippen LogP contribution in [0.1, 0.15) is 59.8 Å². The molecule has 1 aliphatic heterocycles. The zero-order chi connectivity index (χ0) is 16.5. The van der Waals surface area contributed by atoms with Crippen LogP contribution in [0, 0.1) is 12.8 Å². The lowest BCUT2D eigenvalue weighted by molar-refractivity contribution is 0.0952. The third-order valence-corrected chi connectivity index (χ3v) is 5.11. The van der Waals surface area contributed by atoms with E-state index in [-0.39, 0.29) is 18.3 Å². The molecule has 1 aliphatic carbocycles. The van der Waals surface area contributed by atoms with Crippen LogP contribution in [0.3, 0.4) is 0 Å². The SMILES string of the molecule is Cc1noc2nc(C3CC3)cc(C(=O)NCCC3CCCNC3)c12.Cl. The Labute approximate surface area is 153 Å². The number of aryl methyl sites for hydroxylation is 1. The Kier molecular flexibility index (Phi) is 5.59. The van der Waals surface area contributed by atoms with E-state index in [1.807, 2.05) is 13.0 Å². The molecule has 3 heterocycles. The molecule has 1 unspecified atom stereocenters. The lowest BCUT2D eigenvalue weighted by atomic mass is 9.96. The van der Waals surface area contributed by atoms with E-state index in [4.69, 9.17) is 4.52 Å². The molecule has 1 saturated carbocycles. The predicted molar refractivity (Wildman–Crippen MR) is 98.3 cm³/mol. The van der Waals surface area contributed by atoms with E-state index >= 15 is 0 Å². The number of hydrogen-bond acceptors (Lipinski definition) is 5. The zero-order valence-electron chi connectivity index (χ0n) is 14.5. The summed E-state index contributed by atoms with van der Waals surface area (Å²) in [5.41, 5.74) is 2.82. The highest BCUT2D eigenvalue weighted by Gasteiger charge is 2.28. The molecule has 1 saturated heterocycles. The largest absolute Gasteiger partial charge is 0.352 e. The first-order chi connectivity index (χ1) is 11.7. The summed E-state index contributed by atoms with van der Waals surface area (Å²) in [4.78, 5) is 17.3. The number of carbonyl (C=O) groups excluding carboxylic acids is 1. The van der Waals surface area contributed by atoms with Crippen LogP contribution < -0.4 is 10.6 Å². The first-order valence-electron chi connectivity index (χ1n) is 8.98. The lowest BCUT2D eigenvalue weighted by Gasteiger charge is -2.22. The Morgan fingerprint density at radius 2 is 2.24 bits per heavy atom. The molecule has 2 N–H and O–H groups in total. The molecule has 2 aromatic heterocycles. The summed E-state index contributed by atoms with van der Waals surface area (Å²) in [6, 6.07) is 1.93. The third kappa shape index (κ3) is 3.96. The number of nitrogens with one attached hydrogen (secondary N) is 2. The minimum Gasteiger partial charge on any atom is -0.352 e. The van der Waals surface area contributed by atoms with Crippen LogP contribution in [0.2, 0.25) is 0 Å². The fourth-order valence-corrected chi connectivity index (χ4v) is 3.54. The van der Waals surface area contributed by atoms with Gasteiger partial charge in [-0.2, -0.15) is 0 Å². The third-order valence-electron chi connectivity index (χ3n) is 5.11. The summed E-state index contributed by atoms with van der Waals surface area (Å²) in [6.07, 6.45) is 5.78. The second kappa shape index (κ2) is 7.70. The maximum absolute atomic E-state index is 12.7. The van der Waals surface area contributed by atoms with Crippen LogP contribution >= 0.6 is 12.4 Å². The Hall–Kier alpha value is -1.66. The molecular formula is C18H25ClN4O2. The number of carbonyl (C=O) groups is 1. The van der Waals surface area contributed by atoms with E-state index in [9.17, 15) is 4.79 Å². The maximum Gasteiger partial charge on any atom is 0.259 e. The minimum absolute atomic E-state index is 0. The number of nitrogens with zero attached hydrogens (tertiary/aromatic N) is 2. The fourth-order valence-electron chi connectivity index (χ4n) is 3.54. The van der Waals surface area contributed by atoms with Gasteiger partial charge in [0.2, 0.25) is 0 Å². The average molecular weight is 365 g/mol. The van der Waals surface area contributed by atoms with Crippen molar-refractivity contribution < 1.29 is 9.32 Å². The molecule has 1 atom stereocenters. The maximum atomic E-state index is 12.7. The van der Waals surface area contributed by atoms with Gasteiger partial charge in [0.1, 0.15) is 0 Å². The van der Waals surface area contributed by atoms with Crippen molar-refractivity contribution in [2.75, 3.05) is 19.6 Å². The van der Waals surface area contributed by atoms with Gasteiger partial charge in [0.05, 0.1) is 16.6 Å². The van der Waals surface area contributed by atoms with Crippen molar-refractivity contribution in [3.63, 3.8) is 0 Å². The zero-order valence-corrected chi connectivity index (χ0v) is 15.3. The Bertz CT molecular complexity index is 751. The summed E-state index contributed by atoms with van der Waals surface area (Å²) in [5.74, 6) is 1.09. The van der Waals surface area contributed by atoms with Crippen LogP contribution in [0.5, 0.6) is 0 Å². The summed E-state index contributed by atoms with van der Waals surface area (Å²) >= 11 is 0. The van der Waals surface area contributed by atoms with Crippen LogP contribution in [-0.4, -0.2) is 35.7 Å². The van der Waals surface area contributed by atoms with Gasteiger partial charge in [-0.3, -0.25) is 4.79 Å². The monoisotopic (exact) mass is 364 g/mol. The van der Waals surface area contributed by atoms with Gasteiger partial charge >= 0.3 is 0 Å². The molecule has 4 rings (SSSR count). The molecule has 1 amide bonds. The Morgan fingerprint density at radius 3 is 2.96 bits per heavy atom. The molecule has 2 aromatic rings. The Balaban J connectivity index is 0.00000182. The highest BCUT2D eigenvalue weighted by atomic mass is 35.5. The second-order valence-electron chi connectivity index (χ2n) is 7.07. The molecule has 0 aromatic carbocycles. The standard InChI is InChI=1S/C18H24N4O2.ClH/c1-11-16-14(9-15(13-4-5-13)21-18(16)24-22-11)17(23)20-8-6-12-3-2-7-19-10-12;/h9,12-13,19H,2-8,10H2,1H3,(H,20,23);1H. The first-order valence-corrected chi connectivity index (χ1v) is 8.98. The van der Waals surface area contributed by atoms with Crippen LogP contribution in [0.4, 0.5) is 0 Å². The van der Waals surface area contributed by atoms with Crippen molar-refractivity contribution in [2.45, 2.75) is 44.9 Å². The van der Waals surface area contributed by atoms with Gasteiger partial charge in [-0.1, -0.05) is 5.16 Å². The van der Waals surface area contributed by atoms with E-state index in [2.05, 4.69) is 20.8 Å². The summed E-state index contributed by atoms with van der Waals surface area (Å²) in [6.45, 7) is 4.74. The molecule has 6 nitrogen and oxygen atoms in total. The quantitative estimate of drug-likeness (QED) is 0.852. The number of rotatable bonds is 5. The van der Waals surface area contributed by atoms with Crippen LogP contribution in [0.15, 0.2) is 10.6 Å². The lowest BCUT2D eigenvalue weighted by Crippen LogP contribution is -2.33. The average Bonchev–Trinajstić information content (AvgIpc) is 3.39. The predicted octanol–water partition coefficient (Wildman–Crippen LogP) is 2.95. The smallest absolute Gasteiger partial charge is 0.259 e. The van der Waals surface area contributed by atoms with E-state index in [1.54, 1.807) is 0 Å². The van der Waals surface area contributed by atoms with Crippen molar-refractivity contribution in [3.8, 4) is 0 Å². The van der Waals surface area contributed by atoms with Gasteiger partial charge in [-0.25, -0.2) is 4.98 Å². The van der Waals surface area contributed by atoms with Crippen LogP contribution in [-0.2, 0) is 0 Å². The summed E-state index contributed by atoms with van der Waals surface area (Å²) < 4.78 is 5.31. The number of halogens is 1. The van der Waals surface area contributed by atoms with Gasteiger partial charge in [0.25, 0.3) is 11.6 Å². The number of amides is 1. The van der Waals surface area contributed by atoms with E-state index in [0.717, 1.165) is 49.1 Å². The van der Waals surface area contributed by atoms with Crippen molar-refractivity contribution >= 4 is 29.4 Å². The van der Waals surface area contributed by atoms with Crippen molar-refractivity contribution in [1.29, 1.82) is 0 Å². The molecular weight excluding hydrogens is 340 g/mol. The molecule has 2 aliphatic rings. The van der Waals surface area contributed by atoms with Crippen molar-refractivity contribution in [3.05, 3.63) is 23.0 Å². The Morgan fingerprint density at radius 1 is 1.40 bits per heavy atom. The van der Waals surface area contributed by atoms with Gasteiger partial charge in [0.15, 0.2) is 0 Å². The van der Waals surface area contributed by atoms with Gasteiger partial charge < -0.3 is 15.2 Å². The molecule has 7 heteroatoms. The molecule has 0 radical (unpaired) electrons. The minimum atomic E-state index is -0.0423. The van der Waals surface area contributed by atoms with E-state index in [0.29, 0.717) is 29.7 Å². The second-order valence-corrected chi connectivity index (χ2v) is 7.07. The number of aromatic nitrogens is 2. The van der Waals surface area contributed by atoms with Crippen molar-refractivity contribution in [1.82, 2.24) is 20.8 Å². The topological polar surface area (TPSA) is 80.0 Å². The highest BCUT2D eigenvalue weighted by Crippen LogP contribution is 2.40. The summed E-state index contributed by atoms with van der Waals surface area (Å²) in [7, 11) is 0. The summed E-state index contributed by atoms with van der Waals surface area (Å²) in [5, 5.41) is 11.2. The van der Waals surface area contributed by atoms with Gasteiger partial charge in [0, 0.05) is 18.2 Å². The molecule has 0 spiro atoms. The number of pyridine rings is 1. The van der Waals surface area contributed by atoms with Crippen molar-refractivity contribution in [2.24, 2.45) is 5.92 Å². The molecule has 25 heavy (non-hydrogen) atoms. The van der Waals surface area contributed by atoms with Gasteiger partial charge in [-0.15, -0.1) is 12.4 Å². The number of hydrogen-bond donors (Lipinski definition) is 2. The molecule has 0 bridgehead atoms. The molecule has 2 fully saturated rings. The number of fused-ring (bicyclic) bond motifs is 1. The van der Waals surface area contributed by atoms with Gasteiger partial charge in [-0.05, 0) is 64.1 Å². The normalized spacial score (nSPS) is 20.3. The fraction of sp³-hybridized carbons (Fsp3) is 0.611. The van der Waals surface area contributed by atoms with E-state index < -0.39 is 0 Å².